The smallest absolute Gasteiger partial charge is 0.266 e. The lowest BCUT2D eigenvalue weighted by Crippen LogP contribution is -2.28. The summed E-state index contributed by atoms with van der Waals surface area (Å²) in [5.74, 6) is -1.82. The Labute approximate surface area is 222 Å². The number of thiophene rings is 1. The van der Waals surface area contributed by atoms with Crippen molar-refractivity contribution in [2.75, 3.05) is 18.4 Å². The maximum absolute atomic E-state index is 13.6. The predicted octanol–water partition coefficient (Wildman–Crippen LogP) is 4.56. The minimum atomic E-state index is -0.632. The van der Waals surface area contributed by atoms with Crippen LogP contribution < -0.4 is 16.4 Å². The Balaban J connectivity index is 0.00000380. The Morgan fingerprint density at radius 1 is 1.08 bits per heavy atom. The lowest BCUT2D eigenvalue weighted by atomic mass is 9.96. The van der Waals surface area contributed by atoms with Gasteiger partial charge >= 0.3 is 0 Å². The van der Waals surface area contributed by atoms with Crippen LogP contribution in [0.3, 0.4) is 0 Å². The van der Waals surface area contributed by atoms with Gasteiger partial charge in [-0.15, -0.1) is 23.7 Å². The van der Waals surface area contributed by atoms with E-state index in [0.29, 0.717) is 28.1 Å². The van der Waals surface area contributed by atoms with Gasteiger partial charge in [-0.3, -0.25) is 9.59 Å². The van der Waals surface area contributed by atoms with Crippen LogP contribution in [-0.2, 0) is 0 Å². The molecular formula is C26H21ClFN5O3S. The van der Waals surface area contributed by atoms with Crippen molar-refractivity contribution in [1.82, 2.24) is 10.3 Å². The number of nitrogens with one attached hydrogen (secondary N) is 2. The van der Waals surface area contributed by atoms with Crippen LogP contribution in [0.15, 0.2) is 66.0 Å². The van der Waals surface area contributed by atoms with Gasteiger partial charge in [0.2, 0.25) is 0 Å². The van der Waals surface area contributed by atoms with E-state index in [2.05, 4.69) is 21.7 Å². The number of anilines is 1. The number of aromatic hydroxyl groups is 1. The molecule has 0 aliphatic heterocycles. The molecule has 0 radical (unpaired) electrons. The molecule has 37 heavy (non-hydrogen) atoms. The van der Waals surface area contributed by atoms with Crippen molar-refractivity contribution in [1.29, 1.82) is 5.26 Å². The third-order valence-electron chi connectivity index (χ3n) is 5.21. The summed E-state index contributed by atoms with van der Waals surface area (Å²) in [5, 5.41) is 27.5. The Morgan fingerprint density at radius 3 is 2.57 bits per heavy atom. The normalized spacial score (nSPS) is 10.2. The number of nitrogens with zero attached hydrogens (tertiary/aromatic N) is 2. The molecule has 188 valence electrons. The van der Waals surface area contributed by atoms with Crippen molar-refractivity contribution in [2.45, 2.75) is 0 Å². The molecule has 0 aliphatic rings. The van der Waals surface area contributed by atoms with Gasteiger partial charge in [0.1, 0.15) is 23.2 Å². The molecule has 0 unspecified atom stereocenters. The molecule has 8 nitrogen and oxygen atoms in total. The molecular weight excluding hydrogens is 517 g/mol. The van der Waals surface area contributed by atoms with Gasteiger partial charge in [0, 0.05) is 35.8 Å². The maximum Gasteiger partial charge on any atom is 0.266 e. The summed E-state index contributed by atoms with van der Waals surface area (Å²) in [4.78, 5) is 30.1. The molecule has 5 N–H and O–H groups in total. The van der Waals surface area contributed by atoms with Crippen molar-refractivity contribution in [2.24, 2.45) is 5.73 Å². The van der Waals surface area contributed by atoms with E-state index in [1.54, 1.807) is 47.8 Å². The molecule has 11 heteroatoms. The number of pyridine rings is 1. The number of rotatable bonds is 7. The van der Waals surface area contributed by atoms with E-state index >= 15 is 0 Å². The number of nitriles is 1. The third-order valence-corrected chi connectivity index (χ3v) is 6.08. The number of hydrogen-bond acceptors (Lipinski definition) is 7. The minimum absolute atomic E-state index is 0. The van der Waals surface area contributed by atoms with Crippen LogP contribution in [0.4, 0.5) is 10.2 Å². The Bertz CT molecular complexity index is 1490. The zero-order valence-electron chi connectivity index (χ0n) is 19.2. The van der Waals surface area contributed by atoms with Gasteiger partial charge < -0.3 is 21.5 Å². The van der Waals surface area contributed by atoms with Crippen molar-refractivity contribution in [3.63, 3.8) is 0 Å². The highest BCUT2D eigenvalue weighted by Crippen LogP contribution is 2.36. The molecule has 0 aliphatic carbocycles. The van der Waals surface area contributed by atoms with Crippen LogP contribution in [0.2, 0.25) is 0 Å². The molecule has 0 fully saturated rings. The van der Waals surface area contributed by atoms with Crippen LogP contribution in [0, 0.1) is 17.1 Å². The van der Waals surface area contributed by atoms with Crippen molar-refractivity contribution < 1.29 is 19.1 Å². The minimum Gasteiger partial charge on any atom is -0.507 e. The maximum atomic E-state index is 13.6. The van der Waals surface area contributed by atoms with E-state index in [1.807, 2.05) is 0 Å². The quantitative estimate of drug-likeness (QED) is 0.272. The molecule has 4 aromatic rings. The van der Waals surface area contributed by atoms with Crippen molar-refractivity contribution >= 4 is 41.4 Å². The number of nitrogens with two attached hydrogens (primary N) is 1. The van der Waals surface area contributed by atoms with Gasteiger partial charge in [0.05, 0.1) is 10.6 Å². The highest BCUT2D eigenvalue weighted by Gasteiger charge is 2.20. The predicted molar refractivity (Wildman–Crippen MR) is 142 cm³/mol. The summed E-state index contributed by atoms with van der Waals surface area (Å²) >= 11 is 1.22. The monoisotopic (exact) mass is 537 g/mol. The van der Waals surface area contributed by atoms with Crippen molar-refractivity contribution in [3.05, 3.63) is 87.9 Å². The van der Waals surface area contributed by atoms with E-state index in [0.717, 1.165) is 6.07 Å². The summed E-state index contributed by atoms with van der Waals surface area (Å²) in [6.45, 7) is 0.584. The van der Waals surface area contributed by atoms with Crippen LogP contribution in [0.1, 0.15) is 25.6 Å². The second-order valence-corrected chi connectivity index (χ2v) is 8.56. The summed E-state index contributed by atoms with van der Waals surface area (Å²) < 4.78 is 13.6. The molecule has 0 atom stereocenters. The number of benzene rings is 2. The molecule has 2 heterocycles. The van der Waals surface area contributed by atoms with Crippen LogP contribution in [-0.4, -0.2) is 35.0 Å². The van der Waals surface area contributed by atoms with Crippen LogP contribution in [0.25, 0.3) is 22.4 Å². The third kappa shape index (κ3) is 6.10. The molecule has 4 rings (SSSR count). The fraction of sp³-hybridized carbons (Fsp3) is 0.0769. The standard InChI is InChI=1S/C26H20FN5O3S.ClH/c27-17-6-7-18(22(33)12-17)21-13-19(15-3-1-4-16(11-15)25(34)30-9-8-28)20(14-29)24(31-21)32-26(35)23-5-2-10-36-23;/h1-7,10-13,33H,8-9,28H2,(H,30,34)(H,31,32,35);1H. The van der Waals surface area contributed by atoms with Crippen molar-refractivity contribution in [3.8, 4) is 34.2 Å². The number of phenolic OH excluding ortho intramolecular Hbond substituents is 1. The average molecular weight is 538 g/mol. The second-order valence-electron chi connectivity index (χ2n) is 7.61. The van der Waals surface area contributed by atoms with Gasteiger partial charge in [-0.1, -0.05) is 18.2 Å². The molecule has 0 spiro atoms. The Morgan fingerprint density at radius 2 is 1.89 bits per heavy atom. The number of hydrogen-bond donors (Lipinski definition) is 4. The van der Waals surface area contributed by atoms with E-state index in [1.165, 1.54) is 23.5 Å². The largest absolute Gasteiger partial charge is 0.507 e. The number of carbonyl (C=O) groups is 2. The fourth-order valence-electron chi connectivity index (χ4n) is 3.53. The van der Waals surface area contributed by atoms with Gasteiger partial charge in [-0.2, -0.15) is 5.26 Å². The van der Waals surface area contributed by atoms with E-state index in [9.17, 15) is 24.3 Å². The summed E-state index contributed by atoms with van der Waals surface area (Å²) in [7, 11) is 0. The van der Waals surface area contributed by atoms with Gasteiger partial charge in [0.25, 0.3) is 11.8 Å². The summed E-state index contributed by atoms with van der Waals surface area (Å²) in [6.07, 6.45) is 0. The zero-order valence-corrected chi connectivity index (χ0v) is 20.8. The lowest BCUT2D eigenvalue weighted by Gasteiger charge is -2.14. The molecule has 2 amide bonds. The van der Waals surface area contributed by atoms with E-state index < -0.39 is 11.7 Å². The van der Waals surface area contributed by atoms with Gasteiger partial charge in [0.15, 0.2) is 5.82 Å². The van der Waals surface area contributed by atoms with E-state index in [4.69, 9.17) is 5.73 Å². The van der Waals surface area contributed by atoms with Crippen LogP contribution in [0.5, 0.6) is 5.75 Å². The average Bonchev–Trinajstić information content (AvgIpc) is 3.42. The number of halogens is 2. The van der Waals surface area contributed by atoms with Crippen LogP contribution >= 0.6 is 23.7 Å². The number of phenols is 1. The topological polar surface area (TPSA) is 141 Å². The molecule has 2 aromatic carbocycles. The highest BCUT2D eigenvalue weighted by atomic mass is 35.5. The molecule has 0 saturated heterocycles. The first-order valence-corrected chi connectivity index (χ1v) is 11.7. The molecule has 0 saturated carbocycles. The van der Waals surface area contributed by atoms with Gasteiger partial charge in [-0.25, -0.2) is 9.37 Å². The molecule has 0 bridgehead atoms. The zero-order chi connectivity index (χ0) is 25.7. The Hall–Kier alpha value is -4.30. The first-order valence-electron chi connectivity index (χ1n) is 10.8. The number of amides is 2. The fourth-order valence-corrected chi connectivity index (χ4v) is 4.15. The lowest BCUT2D eigenvalue weighted by molar-refractivity contribution is 0.0954. The second kappa shape index (κ2) is 12.1. The SMILES string of the molecule is Cl.N#Cc1c(-c2cccc(C(=O)NCCN)c2)cc(-c2ccc(F)cc2O)nc1NC(=O)c1cccs1. The first kappa shape index (κ1) is 27.3. The number of aromatic nitrogens is 1. The summed E-state index contributed by atoms with van der Waals surface area (Å²) in [6, 6.07) is 17.0. The number of carbonyl (C=O) groups excluding carboxylic acids is 2. The highest BCUT2D eigenvalue weighted by molar-refractivity contribution is 7.12. The first-order chi connectivity index (χ1) is 17.4. The Kier molecular flexibility index (Phi) is 8.92. The molecule has 2 aromatic heterocycles. The van der Waals surface area contributed by atoms with Gasteiger partial charge in [-0.05, 0) is 47.3 Å². The summed E-state index contributed by atoms with van der Waals surface area (Å²) in [5.41, 5.74) is 7.13. The van der Waals surface area contributed by atoms with E-state index in [-0.39, 0.29) is 53.2 Å².